The molecular formula is C18H14N2O5SZn. The van der Waals surface area contributed by atoms with E-state index in [9.17, 15) is 5.11 Å². The average molecular weight is 436 g/mol. The van der Waals surface area contributed by atoms with Crippen LogP contribution in [0, 0.1) is 0 Å². The molecule has 7 nitrogen and oxygen atoms in total. The van der Waals surface area contributed by atoms with E-state index in [2.05, 4.69) is 22.1 Å². The molecule has 0 saturated carbocycles. The van der Waals surface area contributed by atoms with Crippen LogP contribution in [0.25, 0.3) is 21.8 Å². The quantitative estimate of drug-likeness (QED) is 0.255. The van der Waals surface area contributed by atoms with Gasteiger partial charge in [0.1, 0.15) is 11.3 Å². The van der Waals surface area contributed by atoms with E-state index in [1.165, 1.54) is 5.39 Å². The van der Waals surface area contributed by atoms with E-state index in [1.54, 1.807) is 18.3 Å². The van der Waals surface area contributed by atoms with Gasteiger partial charge >= 0.3 is 19.5 Å². The Balaban J connectivity index is 0.000000213. The third-order valence-corrected chi connectivity index (χ3v) is 3.12. The zero-order chi connectivity index (χ0) is 19.0. The molecule has 2 aromatic heterocycles. The van der Waals surface area contributed by atoms with Crippen LogP contribution < -0.4 is 0 Å². The largest absolute Gasteiger partial charge is 2.00 e. The van der Waals surface area contributed by atoms with Crippen molar-refractivity contribution in [3.63, 3.8) is 0 Å². The summed E-state index contributed by atoms with van der Waals surface area (Å²) in [6.07, 6.45) is 3.48. The molecule has 2 aromatic carbocycles. The number of para-hydroxylation sites is 2. The topological polar surface area (TPSA) is 126 Å². The van der Waals surface area contributed by atoms with Gasteiger partial charge in [0.25, 0.3) is 0 Å². The zero-order valence-electron chi connectivity index (χ0n) is 14.1. The molecule has 134 valence electrons. The number of hydrogen-bond donors (Lipinski definition) is 1. The Morgan fingerprint density at radius 1 is 0.741 bits per heavy atom. The van der Waals surface area contributed by atoms with Gasteiger partial charge in [-0.3, -0.25) is 18.4 Å². The van der Waals surface area contributed by atoms with Gasteiger partial charge in [-0.1, -0.05) is 42.5 Å². The van der Waals surface area contributed by atoms with Gasteiger partial charge in [-0.2, -0.15) is 0 Å². The first-order valence-corrected chi connectivity index (χ1v) is 8.67. The van der Waals surface area contributed by atoms with Crippen molar-refractivity contribution in [3.05, 3.63) is 79.1 Å². The van der Waals surface area contributed by atoms with Crippen molar-refractivity contribution < 1.29 is 42.1 Å². The molecule has 9 heteroatoms. The Morgan fingerprint density at radius 2 is 1.26 bits per heavy atom. The molecule has 0 fully saturated rings. The fourth-order valence-corrected chi connectivity index (χ4v) is 2.10. The Labute approximate surface area is 169 Å². The van der Waals surface area contributed by atoms with Gasteiger partial charge in [-0.05, 0) is 24.3 Å². The second kappa shape index (κ2) is 10.6. The molecule has 27 heavy (non-hydrogen) atoms. The van der Waals surface area contributed by atoms with Crippen LogP contribution >= 0.6 is 0 Å². The van der Waals surface area contributed by atoms with Crippen LogP contribution in [-0.2, 0) is 29.9 Å². The van der Waals surface area contributed by atoms with Gasteiger partial charge in [0, 0.05) is 33.6 Å². The predicted octanol–water partition coefficient (Wildman–Crippen LogP) is 2.83. The van der Waals surface area contributed by atoms with Crippen molar-refractivity contribution in [2.45, 2.75) is 0 Å². The maximum Gasteiger partial charge on any atom is 2.00 e. The Kier molecular flexibility index (Phi) is 8.91. The minimum atomic E-state index is -5.17. The Morgan fingerprint density at radius 3 is 1.89 bits per heavy atom. The van der Waals surface area contributed by atoms with Crippen LogP contribution in [0.4, 0.5) is 0 Å². The molecule has 4 aromatic rings. The van der Waals surface area contributed by atoms with Crippen molar-refractivity contribution >= 4 is 32.2 Å². The summed E-state index contributed by atoms with van der Waals surface area (Å²) >= 11 is 0. The summed E-state index contributed by atoms with van der Waals surface area (Å²) in [6.45, 7) is 0. The summed E-state index contributed by atoms with van der Waals surface area (Å²) in [7, 11) is -5.17. The molecule has 1 N–H and O–H groups in total. The minimum Gasteiger partial charge on any atom is -0.759 e. The van der Waals surface area contributed by atoms with Crippen LogP contribution in [0.2, 0.25) is 0 Å². The second-order valence-electron chi connectivity index (χ2n) is 4.96. The molecule has 0 amide bonds. The van der Waals surface area contributed by atoms with Crippen molar-refractivity contribution in [2.75, 3.05) is 0 Å². The average Bonchev–Trinajstić information content (AvgIpc) is 2.62. The van der Waals surface area contributed by atoms with Crippen LogP contribution in [0.5, 0.6) is 5.75 Å². The number of hydrogen-bond acceptors (Lipinski definition) is 7. The molecule has 0 aliphatic rings. The number of aromatic nitrogens is 2. The van der Waals surface area contributed by atoms with E-state index in [0.717, 1.165) is 10.9 Å². The number of phenols is 1. The number of aromatic hydroxyl groups is 1. The smallest absolute Gasteiger partial charge is 0.759 e. The van der Waals surface area contributed by atoms with Crippen molar-refractivity contribution in [1.29, 1.82) is 0 Å². The van der Waals surface area contributed by atoms with Crippen LogP contribution in [0.1, 0.15) is 0 Å². The molecule has 0 saturated heterocycles. The van der Waals surface area contributed by atoms with E-state index in [4.69, 9.17) is 17.5 Å². The fourth-order valence-electron chi connectivity index (χ4n) is 2.10. The SMILES string of the molecule is O=S(=O)([O-])[O-].Oc1cccc2cccnc12.[Zn+2].c1ccc2ncccc2c1. The molecule has 0 atom stereocenters. The van der Waals surface area contributed by atoms with Crippen molar-refractivity contribution in [3.8, 4) is 5.75 Å². The van der Waals surface area contributed by atoms with Crippen molar-refractivity contribution in [1.82, 2.24) is 9.97 Å². The van der Waals surface area contributed by atoms with E-state index < -0.39 is 10.4 Å². The summed E-state index contributed by atoms with van der Waals surface area (Å²) in [5, 5.41) is 11.5. The molecule has 0 aliphatic carbocycles. The summed E-state index contributed by atoms with van der Waals surface area (Å²) in [4.78, 5) is 8.21. The molecule has 4 rings (SSSR count). The summed E-state index contributed by atoms with van der Waals surface area (Å²) in [5.74, 6) is 0.239. The van der Waals surface area contributed by atoms with Crippen LogP contribution in [0.15, 0.2) is 79.1 Å². The van der Waals surface area contributed by atoms with E-state index in [1.807, 2.05) is 48.7 Å². The van der Waals surface area contributed by atoms with Gasteiger partial charge in [-0.15, -0.1) is 0 Å². The van der Waals surface area contributed by atoms with E-state index >= 15 is 0 Å². The standard InChI is InChI=1S/C9H7NO.C9H7N.H2O4S.Zn/c11-8-5-1-3-7-4-2-6-10-9(7)8;1-2-6-9-8(4-1)5-3-7-10-9;1-5(2,3)4;/h1-6,11H;1-7H;(H2,1,2,3,4);/q;;;+2/p-2. The Hall–Kier alpha value is -2.45. The predicted molar refractivity (Wildman–Crippen MR) is 95.6 cm³/mol. The van der Waals surface area contributed by atoms with Gasteiger partial charge in [0.15, 0.2) is 0 Å². The number of phenolic OH excluding ortho intramolecular Hbond substituents is 1. The number of rotatable bonds is 0. The third-order valence-electron chi connectivity index (χ3n) is 3.12. The van der Waals surface area contributed by atoms with Crippen molar-refractivity contribution in [2.24, 2.45) is 0 Å². The number of nitrogens with zero attached hydrogens (tertiary/aromatic N) is 2. The molecule has 0 unspecified atom stereocenters. The Bertz CT molecular complexity index is 1030. The van der Waals surface area contributed by atoms with E-state index in [-0.39, 0.29) is 25.2 Å². The molecule has 0 radical (unpaired) electrons. The number of pyridine rings is 2. The maximum absolute atomic E-state index is 9.31. The molecule has 0 spiro atoms. The first-order valence-electron chi connectivity index (χ1n) is 7.34. The minimum absolute atomic E-state index is 0. The number of fused-ring (bicyclic) bond motifs is 2. The molecular weight excluding hydrogens is 422 g/mol. The van der Waals surface area contributed by atoms with Gasteiger partial charge < -0.3 is 14.2 Å². The first-order chi connectivity index (χ1) is 12.3. The van der Waals surface area contributed by atoms with Gasteiger partial charge in [0.05, 0.1) is 5.52 Å². The molecule has 0 aliphatic heterocycles. The monoisotopic (exact) mass is 434 g/mol. The third kappa shape index (κ3) is 8.19. The van der Waals surface area contributed by atoms with Crippen LogP contribution in [0.3, 0.4) is 0 Å². The van der Waals surface area contributed by atoms with Crippen LogP contribution in [-0.4, -0.2) is 32.6 Å². The van der Waals surface area contributed by atoms with Gasteiger partial charge in [-0.25, -0.2) is 0 Å². The second-order valence-corrected chi connectivity index (χ2v) is 5.77. The molecule has 2 heterocycles. The zero-order valence-corrected chi connectivity index (χ0v) is 17.9. The summed E-state index contributed by atoms with van der Waals surface area (Å²) < 4.78 is 34.1. The normalized spacial score (nSPS) is 10.0. The summed E-state index contributed by atoms with van der Waals surface area (Å²) in [6, 6.07) is 21.2. The first kappa shape index (κ1) is 22.6. The fraction of sp³-hybridized carbons (Fsp3) is 0. The molecule has 0 bridgehead atoms. The van der Waals surface area contributed by atoms with Gasteiger partial charge in [0.2, 0.25) is 0 Å². The maximum atomic E-state index is 9.31. The summed E-state index contributed by atoms with van der Waals surface area (Å²) in [5.41, 5.74) is 1.72. The number of benzene rings is 2. The van der Waals surface area contributed by atoms with E-state index in [0.29, 0.717) is 5.52 Å².